The van der Waals surface area contributed by atoms with Gasteiger partial charge in [0.15, 0.2) is 11.5 Å². The van der Waals surface area contributed by atoms with Crippen LogP contribution in [-0.4, -0.2) is 41.8 Å². The molecule has 2 aliphatic rings. The van der Waals surface area contributed by atoms with E-state index < -0.39 is 11.9 Å². The number of rotatable bonds is 3. The van der Waals surface area contributed by atoms with Crippen molar-refractivity contribution >= 4 is 11.9 Å². The molecule has 4 rings (SSSR count). The van der Waals surface area contributed by atoms with Crippen molar-refractivity contribution in [3.63, 3.8) is 0 Å². The number of carboxylic acid groups (broad SMARTS) is 1. The molecule has 2 aromatic carbocycles. The summed E-state index contributed by atoms with van der Waals surface area (Å²) in [4.78, 5) is 26.1. The van der Waals surface area contributed by atoms with Crippen LogP contribution in [0.2, 0.25) is 0 Å². The lowest BCUT2D eigenvalue weighted by Gasteiger charge is -2.17. The molecule has 1 amide bonds. The van der Waals surface area contributed by atoms with Crippen molar-refractivity contribution in [3.8, 4) is 11.5 Å². The zero-order valence-electron chi connectivity index (χ0n) is 13.4. The molecule has 2 heterocycles. The topological polar surface area (TPSA) is 76.1 Å². The fraction of sp³-hybridized carbons (Fsp3) is 0.263. The molecule has 6 nitrogen and oxygen atoms in total. The Kier molecular flexibility index (Phi) is 3.80. The van der Waals surface area contributed by atoms with E-state index in [1.165, 1.54) is 0 Å². The van der Waals surface area contributed by atoms with Crippen molar-refractivity contribution in [1.29, 1.82) is 0 Å². The first-order chi connectivity index (χ1) is 12.1. The molecule has 2 aromatic rings. The second kappa shape index (κ2) is 6.12. The summed E-state index contributed by atoms with van der Waals surface area (Å²) < 4.78 is 10.6. The van der Waals surface area contributed by atoms with Crippen molar-refractivity contribution in [2.24, 2.45) is 5.92 Å². The normalized spacial score (nSPS) is 21.4. The lowest BCUT2D eigenvalue weighted by atomic mass is 9.89. The van der Waals surface area contributed by atoms with E-state index in [0.29, 0.717) is 23.6 Å². The molecule has 2 aliphatic heterocycles. The number of hydrogen-bond donors (Lipinski definition) is 1. The van der Waals surface area contributed by atoms with Gasteiger partial charge in [0.25, 0.3) is 5.91 Å². The number of benzene rings is 2. The summed E-state index contributed by atoms with van der Waals surface area (Å²) in [5.74, 6) is -0.738. The van der Waals surface area contributed by atoms with Crippen molar-refractivity contribution in [1.82, 2.24) is 4.90 Å². The van der Waals surface area contributed by atoms with Gasteiger partial charge in [-0.15, -0.1) is 0 Å². The summed E-state index contributed by atoms with van der Waals surface area (Å²) in [6.45, 7) is 0.726. The predicted octanol–water partition coefficient (Wildman–Crippen LogP) is 2.36. The van der Waals surface area contributed by atoms with Crippen molar-refractivity contribution < 1.29 is 24.2 Å². The highest BCUT2D eigenvalue weighted by Crippen LogP contribution is 2.36. The van der Waals surface area contributed by atoms with Gasteiger partial charge in [-0.25, -0.2) is 0 Å². The predicted molar refractivity (Wildman–Crippen MR) is 88.8 cm³/mol. The number of amides is 1. The van der Waals surface area contributed by atoms with Gasteiger partial charge >= 0.3 is 5.97 Å². The van der Waals surface area contributed by atoms with Gasteiger partial charge in [-0.1, -0.05) is 30.3 Å². The van der Waals surface area contributed by atoms with Gasteiger partial charge < -0.3 is 19.5 Å². The number of carboxylic acids is 1. The van der Waals surface area contributed by atoms with Crippen LogP contribution < -0.4 is 9.47 Å². The summed E-state index contributed by atoms with van der Waals surface area (Å²) in [5, 5.41) is 9.57. The molecule has 1 fully saturated rings. The molecule has 1 N–H and O–H groups in total. The Morgan fingerprint density at radius 1 is 1.00 bits per heavy atom. The van der Waals surface area contributed by atoms with E-state index in [-0.39, 0.29) is 25.2 Å². The molecule has 25 heavy (non-hydrogen) atoms. The maximum atomic E-state index is 12.8. The zero-order valence-corrected chi connectivity index (χ0v) is 13.4. The first kappa shape index (κ1) is 15.5. The summed E-state index contributed by atoms with van der Waals surface area (Å²) in [6, 6.07) is 14.5. The quantitative estimate of drug-likeness (QED) is 0.929. The molecule has 0 spiro atoms. The lowest BCUT2D eigenvalue weighted by Crippen LogP contribution is -2.29. The van der Waals surface area contributed by atoms with Gasteiger partial charge in [-0.05, 0) is 23.8 Å². The van der Waals surface area contributed by atoms with E-state index >= 15 is 0 Å². The van der Waals surface area contributed by atoms with Crippen molar-refractivity contribution in [2.75, 3.05) is 19.9 Å². The van der Waals surface area contributed by atoms with E-state index in [0.717, 1.165) is 5.56 Å². The highest BCUT2D eigenvalue weighted by Gasteiger charge is 2.40. The van der Waals surface area contributed by atoms with Crippen LogP contribution in [0.3, 0.4) is 0 Å². The maximum absolute atomic E-state index is 12.8. The zero-order chi connectivity index (χ0) is 17.4. The lowest BCUT2D eigenvalue weighted by molar-refractivity contribution is -0.141. The molecular weight excluding hydrogens is 322 g/mol. The number of hydrogen-bond acceptors (Lipinski definition) is 4. The number of fused-ring (bicyclic) bond motifs is 1. The maximum Gasteiger partial charge on any atom is 0.308 e. The van der Waals surface area contributed by atoms with Gasteiger partial charge in [0.1, 0.15) is 0 Å². The van der Waals surface area contributed by atoms with Crippen molar-refractivity contribution in [2.45, 2.75) is 5.92 Å². The van der Waals surface area contributed by atoms with Gasteiger partial charge in [-0.2, -0.15) is 0 Å². The molecule has 0 radical (unpaired) electrons. The van der Waals surface area contributed by atoms with E-state index in [1.54, 1.807) is 23.1 Å². The van der Waals surface area contributed by atoms with E-state index in [2.05, 4.69) is 0 Å². The summed E-state index contributed by atoms with van der Waals surface area (Å²) in [7, 11) is 0. The van der Waals surface area contributed by atoms with Crippen LogP contribution in [0.15, 0.2) is 48.5 Å². The standard InChI is InChI=1S/C19H17NO5/c21-18(13-6-7-16-17(8-13)25-11-24-16)20-9-14(15(10-20)19(22)23)12-4-2-1-3-5-12/h1-8,14-15H,9-11H2,(H,22,23). The Morgan fingerprint density at radius 3 is 2.52 bits per heavy atom. The third-order valence-corrected chi connectivity index (χ3v) is 4.77. The minimum Gasteiger partial charge on any atom is -0.481 e. The third-order valence-electron chi connectivity index (χ3n) is 4.77. The third kappa shape index (κ3) is 2.80. The molecule has 6 heteroatoms. The Bertz CT molecular complexity index is 820. The Balaban J connectivity index is 1.59. The SMILES string of the molecule is O=C(O)C1CN(C(=O)c2ccc3c(c2)OCO3)CC1c1ccccc1. The first-order valence-corrected chi connectivity index (χ1v) is 8.10. The molecule has 128 valence electrons. The molecule has 0 saturated carbocycles. The Hall–Kier alpha value is -3.02. The van der Waals surface area contributed by atoms with Crippen LogP contribution in [0.4, 0.5) is 0 Å². The van der Waals surface area contributed by atoms with Crippen molar-refractivity contribution in [3.05, 3.63) is 59.7 Å². The Morgan fingerprint density at radius 2 is 1.76 bits per heavy atom. The summed E-state index contributed by atoms with van der Waals surface area (Å²) in [6.07, 6.45) is 0. The highest BCUT2D eigenvalue weighted by atomic mass is 16.7. The summed E-state index contributed by atoms with van der Waals surface area (Å²) in [5.41, 5.74) is 1.41. The van der Waals surface area contributed by atoms with Crippen LogP contribution in [0, 0.1) is 5.92 Å². The van der Waals surface area contributed by atoms with E-state index in [1.807, 2.05) is 30.3 Å². The fourth-order valence-corrected chi connectivity index (χ4v) is 3.47. The Labute approximate surface area is 144 Å². The largest absolute Gasteiger partial charge is 0.481 e. The number of nitrogens with zero attached hydrogens (tertiary/aromatic N) is 1. The fourth-order valence-electron chi connectivity index (χ4n) is 3.47. The average Bonchev–Trinajstić information content (AvgIpc) is 3.28. The van der Waals surface area contributed by atoms with Crippen LogP contribution in [0.1, 0.15) is 21.8 Å². The first-order valence-electron chi connectivity index (χ1n) is 8.10. The van der Waals surface area contributed by atoms with Gasteiger partial charge in [0.05, 0.1) is 5.92 Å². The summed E-state index contributed by atoms with van der Waals surface area (Å²) >= 11 is 0. The number of ether oxygens (including phenoxy) is 2. The monoisotopic (exact) mass is 339 g/mol. The van der Waals surface area contributed by atoms with E-state index in [4.69, 9.17) is 9.47 Å². The van der Waals surface area contributed by atoms with Crippen LogP contribution in [-0.2, 0) is 4.79 Å². The molecule has 2 atom stereocenters. The van der Waals surface area contributed by atoms with Crippen LogP contribution in [0.25, 0.3) is 0 Å². The second-order valence-electron chi connectivity index (χ2n) is 6.24. The van der Waals surface area contributed by atoms with Gasteiger partial charge in [0, 0.05) is 24.6 Å². The molecular formula is C19H17NO5. The highest BCUT2D eigenvalue weighted by molar-refractivity contribution is 5.95. The minimum atomic E-state index is -0.880. The minimum absolute atomic E-state index is 0.147. The average molecular weight is 339 g/mol. The van der Waals surface area contributed by atoms with Gasteiger partial charge in [0.2, 0.25) is 6.79 Å². The smallest absolute Gasteiger partial charge is 0.308 e. The van der Waals surface area contributed by atoms with Gasteiger partial charge in [-0.3, -0.25) is 9.59 Å². The number of carbonyl (C=O) groups is 2. The molecule has 2 unspecified atom stereocenters. The van der Waals surface area contributed by atoms with Crippen LogP contribution in [0.5, 0.6) is 11.5 Å². The number of carbonyl (C=O) groups excluding carboxylic acids is 1. The van der Waals surface area contributed by atoms with E-state index in [9.17, 15) is 14.7 Å². The molecule has 0 aliphatic carbocycles. The second-order valence-corrected chi connectivity index (χ2v) is 6.24. The molecule has 1 saturated heterocycles. The number of aliphatic carboxylic acids is 1. The molecule has 0 aromatic heterocycles. The molecule has 0 bridgehead atoms. The van der Waals surface area contributed by atoms with Crippen LogP contribution >= 0.6 is 0 Å². The number of likely N-dealkylation sites (tertiary alicyclic amines) is 1.